The Morgan fingerprint density at radius 1 is 1.16 bits per heavy atom. The second-order valence-corrected chi connectivity index (χ2v) is 7.17. The molecule has 25 heavy (non-hydrogen) atoms. The van der Waals surface area contributed by atoms with Gasteiger partial charge in [-0.15, -0.1) is 0 Å². The molecular weight excluding hydrogens is 359 g/mol. The van der Waals surface area contributed by atoms with Gasteiger partial charge in [0.15, 0.2) is 5.82 Å². The summed E-state index contributed by atoms with van der Waals surface area (Å²) in [7, 11) is -2.79. The summed E-state index contributed by atoms with van der Waals surface area (Å²) in [5, 5.41) is 3.29. The molecule has 0 N–H and O–H groups in total. The number of hydrogen-bond donors (Lipinski definition) is 0. The van der Waals surface area contributed by atoms with Crippen LogP contribution < -0.4 is 0 Å². The van der Waals surface area contributed by atoms with Gasteiger partial charge in [-0.2, -0.15) is 22.5 Å². The van der Waals surface area contributed by atoms with Crippen molar-refractivity contribution in [3.8, 4) is 11.4 Å². The molecule has 0 spiro atoms. The molecule has 1 aromatic carbocycles. The van der Waals surface area contributed by atoms with Crippen LogP contribution in [0.3, 0.4) is 0 Å². The zero-order chi connectivity index (χ0) is 18.1. The average molecular weight is 369 g/mol. The minimum absolute atomic E-state index is 0.214. The number of nitrogens with zero attached hydrogens (tertiary/aromatic N) is 5. The molecule has 0 fully saturated rings. The van der Waals surface area contributed by atoms with E-state index in [-0.39, 0.29) is 11.6 Å². The molecule has 3 aromatic rings. The molecule has 130 valence electrons. The molecule has 0 radical (unpaired) electrons. The highest BCUT2D eigenvalue weighted by molar-refractivity contribution is 7.93. The average Bonchev–Trinajstić information content (AvgIpc) is 3.06. The first-order valence-electron chi connectivity index (χ1n) is 6.75. The van der Waals surface area contributed by atoms with E-state index >= 15 is 0 Å². The smallest absolute Gasteiger partial charge is 0.329 e. The Kier molecular flexibility index (Phi) is 4.25. The fourth-order valence-corrected chi connectivity index (χ4v) is 3.09. The summed E-state index contributed by atoms with van der Waals surface area (Å²) in [5.41, 5.74) is 0.292. The maximum Gasteiger partial charge on any atom is 0.471 e. The van der Waals surface area contributed by atoms with Crippen molar-refractivity contribution in [1.82, 2.24) is 20.1 Å². The number of hydrogen-bond acceptors (Lipinski definition) is 7. The highest BCUT2D eigenvalue weighted by Gasteiger charge is 2.38. The topological polar surface area (TPSA) is 94.1 Å². The Balaban J connectivity index is 1.91. The van der Waals surface area contributed by atoms with Crippen molar-refractivity contribution < 1.29 is 21.9 Å². The van der Waals surface area contributed by atoms with Gasteiger partial charge >= 0.3 is 12.1 Å². The zero-order valence-electron chi connectivity index (χ0n) is 12.6. The summed E-state index contributed by atoms with van der Waals surface area (Å²) in [6, 6.07) is 7.35. The molecule has 0 saturated heterocycles. The molecule has 0 amide bonds. The predicted molar refractivity (Wildman–Crippen MR) is 81.2 cm³/mol. The van der Waals surface area contributed by atoms with Crippen LogP contribution >= 0.6 is 0 Å². The van der Waals surface area contributed by atoms with Gasteiger partial charge in [0, 0.05) is 29.0 Å². The van der Waals surface area contributed by atoms with Crippen LogP contribution in [0.25, 0.3) is 11.4 Å². The van der Waals surface area contributed by atoms with Crippen molar-refractivity contribution in [3.05, 3.63) is 48.7 Å². The van der Waals surface area contributed by atoms with Gasteiger partial charge in [0.1, 0.15) is 6.33 Å². The Morgan fingerprint density at radius 2 is 1.88 bits per heavy atom. The first-order valence-corrected chi connectivity index (χ1v) is 8.67. The lowest BCUT2D eigenvalue weighted by Crippen LogP contribution is -2.04. The molecule has 7 nitrogen and oxygen atoms in total. The molecule has 0 saturated carbocycles. The molecule has 1 atom stereocenters. The van der Waals surface area contributed by atoms with Crippen molar-refractivity contribution >= 4 is 15.5 Å². The van der Waals surface area contributed by atoms with Crippen LogP contribution in [0.5, 0.6) is 0 Å². The molecule has 0 aliphatic rings. The molecule has 2 heterocycles. The third kappa shape index (κ3) is 3.82. The van der Waals surface area contributed by atoms with Crippen molar-refractivity contribution in [2.75, 3.05) is 6.26 Å². The Labute approximate surface area is 140 Å². The largest absolute Gasteiger partial charge is 0.471 e. The highest BCUT2D eigenvalue weighted by Crippen LogP contribution is 2.29. The zero-order valence-corrected chi connectivity index (χ0v) is 13.5. The SMILES string of the molecule is CS(=O)(=Nc1ccncn1)c1ccc(-c2noc(C(F)(F)F)n2)cc1. The molecule has 0 aliphatic heterocycles. The van der Waals surface area contributed by atoms with Gasteiger partial charge in [0.05, 0.1) is 9.73 Å². The maximum absolute atomic E-state index is 12.7. The lowest BCUT2D eigenvalue weighted by molar-refractivity contribution is -0.159. The van der Waals surface area contributed by atoms with Crippen LogP contribution in [0.4, 0.5) is 19.0 Å². The predicted octanol–water partition coefficient (Wildman–Crippen LogP) is 3.33. The fourth-order valence-electron chi connectivity index (χ4n) is 1.88. The Hall–Kier alpha value is -2.82. The van der Waals surface area contributed by atoms with E-state index in [0.29, 0.717) is 10.5 Å². The number of aromatic nitrogens is 4. The van der Waals surface area contributed by atoms with Crippen molar-refractivity contribution in [2.45, 2.75) is 11.1 Å². The van der Waals surface area contributed by atoms with Gasteiger partial charge < -0.3 is 4.52 Å². The fraction of sp³-hybridized carbons (Fsp3) is 0.143. The minimum atomic E-state index is -4.71. The van der Waals surface area contributed by atoms with E-state index in [4.69, 9.17) is 0 Å². The van der Waals surface area contributed by atoms with Crippen molar-refractivity contribution in [1.29, 1.82) is 0 Å². The molecule has 1 unspecified atom stereocenters. The lowest BCUT2D eigenvalue weighted by atomic mass is 10.2. The molecule has 0 bridgehead atoms. The summed E-state index contributed by atoms with van der Waals surface area (Å²) in [6.45, 7) is 0. The van der Waals surface area contributed by atoms with E-state index < -0.39 is 21.8 Å². The molecule has 0 aliphatic carbocycles. The molecule has 2 aromatic heterocycles. The number of alkyl halides is 3. The first-order chi connectivity index (χ1) is 11.8. The molecule has 11 heteroatoms. The number of benzene rings is 1. The summed E-state index contributed by atoms with van der Waals surface area (Å²) in [4.78, 5) is 11.3. The summed E-state index contributed by atoms with van der Waals surface area (Å²) < 4.78 is 58.4. The van der Waals surface area contributed by atoms with E-state index in [9.17, 15) is 17.4 Å². The van der Waals surface area contributed by atoms with Crippen LogP contribution in [-0.4, -0.2) is 30.6 Å². The minimum Gasteiger partial charge on any atom is -0.329 e. The van der Waals surface area contributed by atoms with E-state index in [2.05, 4.69) is 29.0 Å². The van der Waals surface area contributed by atoms with E-state index in [0.717, 1.165) is 0 Å². The monoisotopic (exact) mass is 369 g/mol. The van der Waals surface area contributed by atoms with Crippen LogP contribution in [0, 0.1) is 0 Å². The Bertz CT molecular complexity index is 993. The van der Waals surface area contributed by atoms with E-state index in [1.165, 1.54) is 49.1 Å². The van der Waals surface area contributed by atoms with Gasteiger partial charge in [0.2, 0.25) is 5.82 Å². The summed E-state index contributed by atoms with van der Waals surface area (Å²) >= 11 is 0. The number of rotatable bonds is 3. The van der Waals surface area contributed by atoms with Crippen molar-refractivity contribution in [2.24, 2.45) is 4.36 Å². The maximum atomic E-state index is 12.7. The second kappa shape index (κ2) is 6.24. The lowest BCUT2D eigenvalue weighted by Gasteiger charge is -2.04. The van der Waals surface area contributed by atoms with Gasteiger partial charge in [-0.25, -0.2) is 14.2 Å². The van der Waals surface area contributed by atoms with E-state index in [1.807, 2.05) is 0 Å². The number of halogens is 3. The van der Waals surface area contributed by atoms with Crippen LogP contribution in [-0.2, 0) is 15.9 Å². The Morgan fingerprint density at radius 3 is 2.44 bits per heavy atom. The van der Waals surface area contributed by atoms with Gasteiger partial charge in [-0.05, 0) is 24.3 Å². The highest BCUT2D eigenvalue weighted by atomic mass is 32.2. The quantitative estimate of drug-likeness (QED) is 0.703. The van der Waals surface area contributed by atoms with Gasteiger partial charge in [-0.3, -0.25) is 0 Å². The van der Waals surface area contributed by atoms with Gasteiger partial charge in [0.25, 0.3) is 0 Å². The van der Waals surface area contributed by atoms with Crippen molar-refractivity contribution in [3.63, 3.8) is 0 Å². The van der Waals surface area contributed by atoms with Gasteiger partial charge in [-0.1, -0.05) is 5.16 Å². The van der Waals surface area contributed by atoms with Crippen LogP contribution in [0.15, 0.2) is 56.6 Å². The third-order valence-corrected chi connectivity index (χ3v) is 4.73. The molecular formula is C14H10F3N5O2S. The second-order valence-electron chi connectivity index (χ2n) is 4.91. The normalized spacial score (nSPS) is 14.1. The third-order valence-electron chi connectivity index (χ3n) is 3.05. The summed E-state index contributed by atoms with van der Waals surface area (Å²) in [6.07, 6.45) is -0.523. The first kappa shape index (κ1) is 17.0. The van der Waals surface area contributed by atoms with E-state index in [1.54, 1.807) is 0 Å². The van der Waals surface area contributed by atoms with Crippen LogP contribution in [0.1, 0.15) is 5.89 Å². The standard InChI is InChI=1S/C14H10F3N5O2S/c1-25(23,22-11-6-7-18-8-19-11)10-4-2-9(3-5-10)12-20-13(24-21-12)14(15,16)17/h2-8H,1H3. The summed E-state index contributed by atoms with van der Waals surface area (Å²) in [5.74, 6) is -1.38. The molecule has 3 rings (SSSR count). The van der Waals surface area contributed by atoms with Crippen LogP contribution in [0.2, 0.25) is 0 Å².